The fraction of sp³-hybridized carbons (Fsp3) is 0.250. The van der Waals surface area contributed by atoms with Crippen molar-refractivity contribution in [1.29, 1.82) is 0 Å². The summed E-state index contributed by atoms with van der Waals surface area (Å²) in [7, 11) is 1.84. The van der Waals surface area contributed by atoms with Crippen LogP contribution in [0.1, 0.15) is 17.2 Å². The Morgan fingerprint density at radius 1 is 1.14 bits per heavy atom. The molecule has 0 saturated carbocycles. The first-order valence-corrected chi connectivity index (χ1v) is 6.72. The van der Waals surface area contributed by atoms with E-state index in [1.165, 1.54) is 6.07 Å². The molecule has 0 heterocycles. The fourth-order valence-electron chi connectivity index (χ4n) is 2.25. The van der Waals surface area contributed by atoms with Crippen molar-refractivity contribution in [3.63, 3.8) is 0 Å². The number of nitro groups is 1. The third kappa shape index (κ3) is 4.11. The lowest BCUT2D eigenvalue weighted by atomic mass is 10.1. The minimum Gasteiger partial charge on any atom is -0.387 e. The Bertz CT molecular complexity index is 601. The van der Waals surface area contributed by atoms with Gasteiger partial charge in [-0.05, 0) is 12.6 Å². The van der Waals surface area contributed by atoms with Gasteiger partial charge in [0.2, 0.25) is 0 Å². The second kappa shape index (κ2) is 6.97. The van der Waals surface area contributed by atoms with E-state index in [0.29, 0.717) is 18.7 Å². The minimum absolute atomic E-state index is 0.110. The topological polar surface area (TPSA) is 66.6 Å². The van der Waals surface area contributed by atoms with Crippen LogP contribution >= 0.6 is 0 Å². The average molecular weight is 286 g/mol. The predicted octanol–water partition coefficient (Wildman–Crippen LogP) is 2.76. The Morgan fingerprint density at radius 2 is 1.76 bits per heavy atom. The summed E-state index contributed by atoms with van der Waals surface area (Å²) in [4.78, 5) is 12.5. The molecule has 0 unspecified atom stereocenters. The SMILES string of the molecule is CN(Cc1ccccc1[N+](=O)[O-])C[C@H](O)c1ccccc1. The summed E-state index contributed by atoms with van der Waals surface area (Å²) in [5.41, 5.74) is 1.59. The van der Waals surface area contributed by atoms with Gasteiger partial charge in [-0.2, -0.15) is 0 Å². The molecule has 0 aliphatic heterocycles. The van der Waals surface area contributed by atoms with E-state index in [2.05, 4.69) is 0 Å². The number of hydrogen-bond acceptors (Lipinski definition) is 4. The molecule has 0 aliphatic rings. The zero-order chi connectivity index (χ0) is 15.2. The number of nitrogens with zero attached hydrogens (tertiary/aromatic N) is 2. The monoisotopic (exact) mass is 286 g/mol. The van der Waals surface area contributed by atoms with E-state index in [4.69, 9.17) is 0 Å². The standard InChI is InChI=1S/C16H18N2O3/c1-17(12-16(19)13-7-3-2-4-8-13)11-14-9-5-6-10-15(14)18(20)21/h2-10,16,19H,11-12H2,1H3/t16-/m0/s1. The van der Waals surface area contributed by atoms with Crippen molar-refractivity contribution < 1.29 is 10.0 Å². The van der Waals surface area contributed by atoms with Gasteiger partial charge in [-0.25, -0.2) is 0 Å². The lowest BCUT2D eigenvalue weighted by Gasteiger charge is -2.20. The highest BCUT2D eigenvalue weighted by Gasteiger charge is 2.16. The van der Waals surface area contributed by atoms with Crippen molar-refractivity contribution in [2.45, 2.75) is 12.6 Å². The average Bonchev–Trinajstić information content (AvgIpc) is 2.48. The van der Waals surface area contributed by atoms with Gasteiger partial charge in [0.25, 0.3) is 5.69 Å². The van der Waals surface area contributed by atoms with Crippen LogP contribution in [0, 0.1) is 10.1 Å². The van der Waals surface area contributed by atoms with Crippen LogP contribution < -0.4 is 0 Å². The van der Waals surface area contributed by atoms with Crippen LogP contribution in [0.5, 0.6) is 0 Å². The summed E-state index contributed by atoms with van der Waals surface area (Å²) in [6.07, 6.45) is -0.612. The number of para-hydroxylation sites is 1. The molecule has 2 aromatic carbocycles. The molecule has 2 aromatic rings. The van der Waals surface area contributed by atoms with Crippen LogP contribution in [0.4, 0.5) is 5.69 Å². The Labute approximate surface area is 123 Å². The van der Waals surface area contributed by atoms with Crippen LogP contribution in [0.25, 0.3) is 0 Å². The van der Waals surface area contributed by atoms with Gasteiger partial charge < -0.3 is 5.11 Å². The highest BCUT2D eigenvalue weighted by Crippen LogP contribution is 2.20. The molecular weight excluding hydrogens is 268 g/mol. The second-order valence-corrected chi connectivity index (χ2v) is 5.01. The molecule has 0 saturated heterocycles. The molecule has 1 atom stereocenters. The van der Waals surface area contributed by atoms with Gasteiger partial charge >= 0.3 is 0 Å². The lowest BCUT2D eigenvalue weighted by molar-refractivity contribution is -0.385. The molecule has 0 radical (unpaired) electrons. The number of nitro benzene ring substituents is 1. The molecule has 1 N–H and O–H groups in total. The number of rotatable bonds is 6. The summed E-state index contributed by atoms with van der Waals surface area (Å²) in [5, 5.41) is 21.2. The zero-order valence-corrected chi connectivity index (χ0v) is 11.8. The van der Waals surface area contributed by atoms with Gasteiger partial charge in [-0.15, -0.1) is 0 Å². The normalized spacial score (nSPS) is 12.3. The lowest BCUT2D eigenvalue weighted by Crippen LogP contribution is -2.24. The quantitative estimate of drug-likeness (QED) is 0.655. The zero-order valence-electron chi connectivity index (χ0n) is 11.8. The van der Waals surface area contributed by atoms with Gasteiger partial charge in [0.1, 0.15) is 0 Å². The van der Waals surface area contributed by atoms with Crippen molar-refractivity contribution in [3.05, 3.63) is 75.8 Å². The van der Waals surface area contributed by atoms with Crippen molar-refractivity contribution in [3.8, 4) is 0 Å². The molecule has 5 heteroatoms. The number of likely N-dealkylation sites (N-methyl/N-ethyl adjacent to an activating group) is 1. The number of benzene rings is 2. The molecule has 0 spiro atoms. The first-order chi connectivity index (χ1) is 10.1. The smallest absolute Gasteiger partial charge is 0.273 e. The molecule has 5 nitrogen and oxygen atoms in total. The third-order valence-corrected chi connectivity index (χ3v) is 3.30. The Hall–Kier alpha value is -2.24. The first-order valence-electron chi connectivity index (χ1n) is 6.72. The van der Waals surface area contributed by atoms with E-state index in [-0.39, 0.29) is 10.6 Å². The maximum atomic E-state index is 11.0. The van der Waals surface area contributed by atoms with E-state index in [9.17, 15) is 15.2 Å². The van der Waals surface area contributed by atoms with E-state index < -0.39 is 6.10 Å². The van der Waals surface area contributed by atoms with E-state index in [1.54, 1.807) is 18.2 Å². The summed E-state index contributed by atoms with van der Waals surface area (Å²) in [6.45, 7) is 0.830. The minimum atomic E-state index is -0.612. The molecular formula is C16H18N2O3. The van der Waals surface area contributed by atoms with Gasteiger partial charge in [0.05, 0.1) is 11.0 Å². The predicted molar refractivity (Wildman–Crippen MR) is 80.8 cm³/mol. The highest BCUT2D eigenvalue weighted by molar-refractivity contribution is 5.39. The van der Waals surface area contributed by atoms with Crippen molar-refractivity contribution in [2.75, 3.05) is 13.6 Å². The largest absolute Gasteiger partial charge is 0.387 e. The van der Waals surface area contributed by atoms with Crippen LogP contribution in [0.3, 0.4) is 0 Å². The summed E-state index contributed by atoms with van der Waals surface area (Å²) < 4.78 is 0. The van der Waals surface area contributed by atoms with E-state index in [0.717, 1.165) is 5.56 Å². The Kier molecular flexibility index (Phi) is 5.03. The van der Waals surface area contributed by atoms with Crippen molar-refractivity contribution in [1.82, 2.24) is 4.90 Å². The number of aliphatic hydroxyl groups is 1. The first kappa shape index (κ1) is 15.2. The van der Waals surface area contributed by atoms with Gasteiger partial charge in [0.15, 0.2) is 0 Å². The number of aliphatic hydroxyl groups excluding tert-OH is 1. The van der Waals surface area contributed by atoms with Crippen LogP contribution in [0.15, 0.2) is 54.6 Å². The Morgan fingerprint density at radius 3 is 2.43 bits per heavy atom. The summed E-state index contributed by atoms with van der Waals surface area (Å²) >= 11 is 0. The molecule has 0 bridgehead atoms. The molecule has 0 aromatic heterocycles. The van der Waals surface area contributed by atoms with Crippen LogP contribution in [-0.2, 0) is 6.54 Å². The molecule has 2 rings (SSSR count). The van der Waals surface area contributed by atoms with Crippen LogP contribution in [0.2, 0.25) is 0 Å². The van der Waals surface area contributed by atoms with Gasteiger partial charge in [-0.1, -0.05) is 48.5 Å². The molecule has 0 amide bonds. The molecule has 21 heavy (non-hydrogen) atoms. The van der Waals surface area contributed by atoms with E-state index in [1.807, 2.05) is 42.3 Å². The van der Waals surface area contributed by atoms with Gasteiger partial charge in [0, 0.05) is 24.7 Å². The number of hydrogen-bond donors (Lipinski definition) is 1. The van der Waals surface area contributed by atoms with E-state index >= 15 is 0 Å². The maximum Gasteiger partial charge on any atom is 0.273 e. The summed E-state index contributed by atoms with van der Waals surface area (Å²) in [6, 6.07) is 16.0. The maximum absolute atomic E-state index is 11.0. The van der Waals surface area contributed by atoms with Gasteiger partial charge in [-0.3, -0.25) is 15.0 Å². The highest BCUT2D eigenvalue weighted by atomic mass is 16.6. The van der Waals surface area contributed by atoms with Crippen molar-refractivity contribution in [2.24, 2.45) is 0 Å². The molecule has 0 fully saturated rings. The third-order valence-electron chi connectivity index (χ3n) is 3.30. The second-order valence-electron chi connectivity index (χ2n) is 5.01. The fourth-order valence-corrected chi connectivity index (χ4v) is 2.25. The molecule has 0 aliphatic carbocycles. The van der Waals surface area contributed by atoms with Crippen molar-refractivity contribution >= 4 is 5.69 Å². The molecule has 110 valence electrons. The summed E-state index contributed by atoms with van der Waals surface area (Å²) in [5.74, 6) is 0. The Balaban J connectivity index is 2.02. The van der Waals surface area contributed by atoms with Crippen LogP contribution in [-0.4, -0.2) is 28.5 Å².